The molecule has 1 saturated heterocycles. The predicted octanol–water partition coefficient (Wildman–Crippen LogP) is 5.27. The second-order valence-corrected chi connectivity index (χ2v) is 19.6. The Morgan fingerprint density at radius 3 is 1.76 bits per heavy atom. The molecule has 0 amide bonds. The molecular weight excluding hydrogens is 404 g/mol. The van der Waals surface area contributed by atoms with Gasteiger partial charge in [-0.3, -0.25) is 0 Å². The van der Waals surface area contributed by atoms with Crippen LogP contribution in [0.4, 0.5) is 0 Å². The Kier molecular flexibility index (Phi) is 11.4. The molecule has 1 atom stereocenters. The van der Waals surface area contributed by atoms with Crippen molar-refractivity contribution in [2.45, 2.75) is 69.5 Å². The summed E-state index contributed by atoms with van der Waals surface area (Å²) in [6.07, 6.45) is 14.0. The predicted molar refractivity (Wildman–Crippen MR) is 134 cm³/mol. The molecule has 1 rings (SSSR count). The van der Waals surface area contributed by atoms with Crippen LogP contribution in [0.3, 0.4) is 0 Å². The average Bonchev–Trinajstić information content (AvgIpc) is 3.40. The average molecular weight is 455 g/mol. The van der Waals surface area contributed by atoms with Crippen LogP contribution in [0, 0.1) is 0 Å². The van der Waals surface area contributed by atoms with Gasteiger partial charge in [0.15, 0.2) is 0 Å². The van der Waals surface area contributed by atoms with E-state index in [1.54, 1.807) is 0 Å². The maximum atomic E-state index is 5.77. The zero-order chi connectivity index (χ0) is 22.2. The summed E-state index contributed by atoms with van der Waals surface area (Å²) >= 11 is 0. The number of hydrogen-bond donors (Lipinski definition) is 0. The first-order valence-electron chi connectivity index (χ1n) is 11.1. The molecule has 178 valence electrons. The quantitative estimate of drug-likeness (QED) is 0.171. The van der Waals surface area contributed by atoms with Gasteiger partial charge in [0.25, 0.3) is 0 Å². The second-order valence-electron chi connectivity index (χ2n) is 10.4. The van der Waals surface area contributed by atoms with Crippen molar-refractivity contribution in [2.75, 3.05) is 76.4 Å². The zero-order valence-corrected chi connectivity index (χ0v) is 22.4. The van der Waals surface area contributed by atoms with Crippen molar-refractivity contribution in [1.29, 1.82) is 0 Å². The Hall–Kier alpha value is 0.540. The fourth-order valence-electron chi connectivity index (χ4n) is 3.59. The van der Waals surface area contributed by atoms with E-state index < -0.39 is 20.1 Å². The van der Waals surface area contributed by atoms with Crippen LogP contribution in [0.25, 0.3) is 0 Å². The minimum atomic E-state index is -0.724. The molecule has 0 aliphatic carbocycles. The maximum Gasteiger partial charge on any atom is 0.146 e. The monoisotopic (exact) mass is 454 g/mol. The molecule has 0 radical (unpaired) electrons. The van der Waals surface area contributed by atoms with E-state index in [-0.39, 0.29) is 0 Å². The molecule has 0 saturated carbocycles. The van der Waals surface area contributed by atoms with Gasteiger partial charge in [-0.2, -0.15) is 0 Å². The molecule has 1 heterocycles. The Labute approximate surface area is 184 Å². The Balaban J connectivity index is 2.48. The number of hydrogen-bond acceptors (Lipinski definition) is 4. The molecule has 0 N–H and O–H groups in total. The molecule has 6 heteroatoms. The van der Waals surface area contributed by atoms with Gasteiger partial charge in [0.05, 0.1) is 19.8 Å². The summed E-state index contributed by atoms with van der Waals surface area (Å²) in [5.74, 6) is 2.54. The molecule has 29 heavy (non-hydrogen) atoms. The minimum absolute atomic E-state index is 0.348. The number of epoxide rings is 1. The number of rotatable bonds is 17. The van der Waals surface area contributed by atoms with Gasteiger partial charge in [0.1, 0.15) is 12.9 Å². The van der Waals surface area contributed by atoms with E-state index in [9.17, 15) is 0 Å². The van der Waals surface area contributed by atoms with Gasteiger partial charge in [-0.05, 0) is 72.2 Å². The summed E-state index contributed by atoms with van der Waals surface area (Å²) in [6, 6.07) is 0. The molecule has 1 aliphatic heterocycles. The van der Waals surface area contributed by atoms with Crippen LogP contribution < -0.4 is 0 Å². The van der Waals surface area contributed by atoms with E-state index in [4.69, 9.17) is 18.9 Å². The van der Waals surface area contributed by atoms with Crippen molar-refractivity contribution in [2.24, 2.45) is 0 Å². The molecule has 0 spiro atoms. The molecule has 4 nitrogen and oxygen atoms in total. The van der Waals surface area contributed by atoms with Crippen molar-refractivity contribution >= 4 is 20.1 Å². The standard InChI is InChI=1S/C23H50O4S2/c1-10-24-20-26-14-12-16-29(8,9)23(4,5)19-22(2,3)28(6,7)15-11-13-25-17-21-18-27-21/h21H,10-20H2,1-9H3. The van der Waals surface area contributed by atoms with Crippen molar-refractivity contribution < 1.29 is 18.9 Å². The Morgan fingerprint density at radius 2 is 1.31 bits per heavy atom. The third kappa shape index (κ3) is 9.69. The SMILES string of the molecule is CCOCOCCCS(C)(C)C(C)(C)CC(C)(C)S(C)(C)CCCOCC1CO1. The van der Waals surface area contributed by atoms with E-state index >= 15 is 0 Å². The summed E-state index contributed by atoms with van der Waals surface area (Å²) in [4.78, 5) is 0. The fourth-order valence-corrected chi connectivity index (χ4v) is 7.97. The first-order chi connectivity index (χ1) is 13.3. The summed E-state index contributed by atoms with van der Waals surface area (Å²) in [7, 11) is -1.44. The van der Waals surface area contributed by atoms with Gasteiger partial charge in [0, 0.05) is 13.2 Å². The van der Waals surface area contributed by atoms with Crippen LogP contribution >= 0.6 is 20.1 Å². The Bertz CT molecular complexity index is 460. The highest BCUT2D eigenvalue weighted by molar-refractivity contribution is 8.34. The molecular formula is C23H50O4S2. The fraction of sp³-hybridized carbons (Fsp3) is 1.00. The molecule has 1 fully saturated rings. The van der Waals surface area contributed by atoms with Crippen molar-refractivity contribution in [1.82, 2.24) is 0 Å². The van der Waals surface area contributed by atoms with E-state index in [0.29, 0.717) is 22.4 Å². The van der Waals surface area contributed by atoms with E-state index in [0.717, 1.165) is 45.9 Å². The van der Waals surface area contributed by atoms with Crippen LogP contribution in [0.2, 0.25) is 0 Å². The highest BCUT2D eigenvalue weighted by atomic mass is 32.3. The van der Waals surface area contributed by atoms with Gasteiger partial charge in [-0.25, -0.2) is 20.1 Å². The maximum absolute atomic E-state index is 5.77. The van der Waals surface area contributed by atoms with E-state index in [2.05, 4.69) is 52.7 Å². The first-order valence-corrected chi connectivity index (χ1v) is 16.3. The first kappa shape index (κ1) is 27.6. The summed E-state index contributed by atoms with van der Waals surface area (Å²) in [5.41, 5.74) is 0. The third-order valence-corrected chi connectivity index (χ3v) is 15.7. The summed E-state index contributed by atoms with van der Waals surface area (Å²) in [5, 5.41) is 0. The van der Waals surface area contributed by atoms with Gasteiger partial charge >= 0.3 is 0 Å². The van der Waals surface area contributed by atoms with Crippen LogP contribution in [0.1, 0.15) is 53.9 Å². The Morgan fingerprint density at radius 1 is 0.828 bits per heavy atom. The van der Waals surface area contributed by atoms with E-state index in [1.165, 1.54) is 17.9 Å². The smallest absolute Gasteiger partial charge is 0.146 e. The molecule has 0 aromatic heterocycles. The lowest BCUT2D eigenvalue weighted by Crippen LogP contribution is -2.41. The lowest BCUT2D eigenvalue weighted by atomic mass is 9.99. The highest BCUT2D eigenvalue weighted by Crippen LogP contribution is 2.63. The topological polar surface area (TPSA) is 40.2 Å². The van der Waals surface area contributed by atoms with E-state index in [1.807, 2.05) is 6.92 Å². The van der Waals surface area contributed by atoms with Gasteiger partial charge in [-0.15, -0.1) is 0 Å². The van der Waals surface area contributed by atoms with Crippen LogP contribution in [0.5, 0.6) is 0 Å². The summed E-state index contributed by atoms with van der Waals surface area (Å²) < 4.78 is 22.6. The van der Waals surface area contributed by atoms with Gasteiger partial charge < -0.3 is 18.9 Å². The van der Waals surface area contributed by atoms with Crippen LogP contribution in [0.15, 0.2) is 0 Å². The van der Waals surface area contributed by atoms with Gasteiger partial charge in [0.2, 0.25) is 0 Å². The van der Waals surface area contributed by atoms with Crippen LogP contribution in [-0.4, -0.2) is 92.0 Å². The largest absolute Gasteiger partial charge is 0.379 e. The zero-order valence-electron chi connectivity index (χ0n) is 20.8. The third-order valence-electron chi connectivity index (χ3n) is 6.81. The summed E-state index contributed by atoms with van der Waals surface area (Å²) in [6.45, 7) is 16.5. The minimum Gasteiger partial charge on any atom is -0.379 e. The van der Waals surface area contributed by atoms with Crippen molar-refractivity contribution in [3.63, 3.8) is 0 Å². The molecule has 0 aromatic rings. The molecule has 0 aromatic carbocycles. The normalized spacial score (nSPS) is 19.4. The number of ether oxygens (including phenoxy) is 4. The van der Waals surface area contributed by atoms with Crippen molar-refractivity contribution in [3.05, 3.63) is 0 Å². The van der Waals surface area contributed by atoms with Crippen molar-refractivity contribution in [3.8, 4) is 0 Å². The second kappa shape index (κ2) is 12.0. The molecule has 1 unspecified atom stereocenters. The highest BCUT2D eigenvalue weighted by Gasteiger charge is 2.42. The van der Waals surface area contributed by atoms with Gasteiger partial charge in [-0.1, -0.05) is 27.7 Å². The lowest BCUT2D eigenvalue weighted by Gasteiger charge is -2.56. The van der Waals surface area contributed by atoms with Crippen LogP contribution in [-0.2, 0) is 18.9 Å². The molecule has 0 bridgehead atoms. The molecule has 1 aliphatic rings. The lowest BCUT2D eigenvalue weighted by molar-refractivity contribution is -0.0487.